The predicted octanol–water partition coefficient (Wildman–Crippen LogP) is 3.51. The summed E-state index contributed by atoms with van der Waals surface area (Å²) < 4.78 is 5.17. The Hall–Kier alpha value is -2.89. The van der Waals surface area contributed by atoms with Gasteiger partial charge in [-0.3, -0.25) is 14.9 Å². The highest BCUT2D eigenvalue weighted by molar-refractivity contribution is 5.84. The average Bonchev–Trinajstić information content (AvgIpc) is 3.22. The maximum Gasteiger partial charge on any atom is 0.269 e. The lowest BCUT2D eigenvalue weighted by Crippen LogP contribution is -2.39. The summed E-state index contributed by atoms with van der Waals surface area (Å²) in [6, 6.07) is 14.7. The second kappa shape index (κ2) is 6.44. The first-order valence-corrected chi connectivity index (χ1v) is 8.74. The van der Waals surface area contributed by atoms with Gasteiger partial charge in [0.15, 0.2) is 0 Å². The van der Waals surface area contributed by atoms with Crippen molar-refractivity contribution in [2.75, 3.05) is 7.11 Å². The van der Waals surface area contributed by atoms with Gasteiger partial charge in [-0.2, -0.15) is 0 Å². The normalized spacial score (nSPS) is 24.1. The quantitative estimate of drug-likeness (QED) is 0.610. The largest absolute Gasteiger partial charge is 0.497 e. The van der Waals surface area contributed by atoms with Crippen molar-refractivity contribution in [2.45, 2.75) is 31.3 Å². The molecule has 2 aromatic carbocycles. The SMILES string of the molecule is COc1ccc(CN2C(=O)[C@@H]3C[C@H]2C[C@@H]3c2ccc([N+](=O)[O-])cc2)cc1. The minimum atomic E-state index is -0.397. The fourth-order valence-electron chi connectivity index (χ4n) is 4.28. The van der Waals surface area contributed by atoms with Crippen LogP contribution in [-0.4, -0.2) is 28.9 Å². The highest BCUT2D eigenvalue weighted by Crippen LogP contribution is 2.48. The Morgan fingerprint density at radius 2 is 1.73 bits per heavy atom. The molecule has 2 bridgehead atoms. The van der Waals surface area contributed by atoms with Gasteiger partial charge in [0, 0.05) is 30.6 Å². The summed E-state index contributed by atoms with van der Waals surface area (Å²) in [4.78, 5) is 25.2. The van der Waals surface area contributed by atoms with E-state index >= 15 is 0 Å². The Morgan fingerprint density at radius 1 is 1.08 bits per heavy atom. The van der Waals surface area contributed by atoms with Gasteiger partial charge in [0.05, 0.1) is 12.0 Å². The first-order chi connectivity index (χ1) is 12.6. The molecule has 1 amide bonds. The topological polar surface area (TPSA) is 72.7 Å². The highest BCUT2D eigenvalue weighted by atomic mass is 16.6. The molecule has 0 N–H and O–H groups in total. The number of hydrogen-bond acceptors (Lipinski definition) is 4. The Morgan fingerprint density at radius 3 is 2.31 bits per heavy atom. The Kier molecular flexibility index (Phi) is 4.11. The molecule has 6 nitrogen and oxygen atoms in total. The van der Waals surface area contributed by atoms with Gasteiger partial charge in [0.2, 0.25) is 5.91 Å². The number of hydrogen-bond donors (Lipinski definition) is 0. The minimum absolute atomic E-state index is 0.0142. The Balaban J connectivity index is 1.46. The number of piperidine rings is 1. The second-order valence-corrected chi connectivity index (χ2v) is 7.00. The zero-order valence-corrected chi connectivity index (χ0v) is 14.5. The van der Waals surface area contributed by atoms with Crippen LogP contribution in [0.15, 0.2) is 48.5 Å². The van der Waals surface area contributed by atoms with Crippen LogP contribution in [0.2, 0.25) is 0 Å². The number of nitro groups is 1. The standard InChI is InChI=1S/C20H20N2O4/c1-26-17-8-2-13(3-9-17)12-21-16-10-18(19(11-16)20(21)23)14-4-6-15(7-5-14)22(24)25/h2-9,16,18-19H,10-12H2,1H3/t16-,18-,19-/m1/s1. The summed E-state index contributed by atoms with van der Waals surface area (Å²) in [6.45, 7) is 0.622. The number of likely N-dealkylation sites (tertiary alicyclic amines) is 1. The van der Waals surface area contributed by atoms with Crippen LogP contribution in [0.1, 0.15) is 29.9 Å². The van der Waals surface area contributed by atoms with Crippen LogP contribution in [0.3, 0.4) is 0 Å². The van der Waals surface area contributed by atoms with Crippen molar-refractivity contribution in [3.63, 3.8) is 0 Å². The number of nitro benzene ring substituents is 1. The maximum absolute atomic E-state index is 12.8. The van der Waals surface area contributed by atoms with Crippen molar-refractivity contribution in [1.82, 2.24) is 4.90 Å². The molecule has 2 fully saturated rings. The lowest BCUT2D eigenvalue weighted by Gasteiger charge is -2.31. The molecular weight excluding hydrogens is 332 g/mol. The molecule has 1 heterocycles. The van der Waals surface area contributed by atoms with Crippen molar-refractivity contribution < 1.29 is 14.5 Å². The van der Waals surface area contributed by atoms with Gasteiger partial charge >= 0.3 is 0 Å². The monoisotopic (exact) mass is 352 g/mol. The molecule has 3 atom stereocenters. The molecular formula is C20H20N2O4. The van der Waals surface area contributed by atoms with Crippen LogP contribution < -0.4 is 4.74 Å². The fraction of sp³-hybridized carbons (Fsp3) is 0.350. The summed E-state index contributed by atoms with van der Waals surface area (Å²) in [5, 5.41) is 10.8. The Labute approximate surface area is 151 Å². The van der Waals surface area contributed by atoms with Crippen LogP contribution in [0.5, 0.6) is 5.75 Å². The summed E-state index contributed by atoms with van der Waals surface area (Å²) in [5.74, 6) is 1.15. The lowest BCUT2D eigenvalue weighted by atomic mass is 9.87. The minimum Gasteiger partial charge on any atom is -0.497 e. The predicted molar refractivity (Wildman–Crippen MR) is 95.9 cm³/mol. The van der Waals surface area contributed by atoms with E-state index in [-0.39, 0.29) is 29.5 Å². The molecule has 2 aromatic rings. The van der Waals surface area contributed by atoms with Gasteiger partial charge in [-0.25, -0.2) is 0 Å². The van der Waals surface area contributed by atoms with Crippen molar-refractivity contribution in [3.8, 4) is 5.75 Å². The van der Waals surface area contributed by atoms with Crippen LogP contribution >= 0.6 is 0 Å². The number of carbonyl (C=O) groups excluding carboxylic acids is 1. The molecule has 1 saturated carbocycles. The number of rotatable bonds is 5. The zero-order chi connectivity index (χ0) is 18.3. The van der Waals surface area contributed by atoms with Gasteiger partial charge in [0.1, 0.15) is 5.75 Å². The van der Waals surface area contributed by atoms with Crippen molar-refractivity contribution in [2.24, 2.45) is 5.92 Å². The number of nitrogens with zero attached hydrogens (tertiary/aromatic N) is 2. The van der Waals surface area contributed by atoms with Crippen LogP contribution in [-0.2, 0) is 11.3 Å². The first-order valence-electron chi connectivity index (χ1n) is 8.74. The molecule has 0 unspecified atom stereocenters. The fourth-order valence-corrected chi connectivity index (χ4v) is 4.28. The van der Waals surface area contributed by atoms with Gasteiger partial charge < -0.3 is 9.64 Å². The van der Waals surface area contributed by atoms with Crippen molar-refractivity contribution in [1.29, 1.82) is 0 Å². The number of methoxy groups -OCH3 is 1. The number of fused-ring (bicyclic) bond motifs is 2. The molecule has 2 aliphatic rings. The van der Waals surface area contributed by atoms with Crippen LogP contribution in [0.25, 0.3) is 0 Å². The van der Waals surface area contributed by atoms with Crippen molar-refractivity contribution in [3.05, 3.63) is 69.8 Å². The second-order valence-electron chi connectivity index (χ2n) is 7.00. The third-order valence-corrected chi connectivity index (χ3v) is 5.62. The zero-order valence-electron chi connectivity index (χ0n) is 14.5. The van der Waals surface area contributed by atoms with Crippen molar-refractivity contribution >= 4 is 11.6 Å². The van der Waals surface area contributed by atoms with E-state index in [2.05, 4.69) is 0 Å². The summed E-state index contributed by atoms with van der Waals surface area (Å²) in [7, 11) is 1.64. The highest BCUT2D eigenvalue weighted by Gasteiger charge is 2.50. The molecule has 1 saturated heterocycles. The molecule has 0 spiro atoms. The molecule has 6 heteroatoms. The Bertz CT molecular complexity index is 832. The number of carbonyl (C=O) groups is 1. The number of non-ortho nitro benzene ring substituents is 1. The van der Waals surface area contributed by atoms with E-state index in [0.717, 1.165) is 29.7 Å². The van der Waals surface area contributed by atoms with Crippen LogP contribution in [0.4, 0.5) is 5.69 Å². The molecule has 1 aliphatic heterocycles. The molecule has 134 valence electrons. The lowest BCUT2D eigenvalue weighted by molar-refractivity contribution is -0.384. The third kappa shape index (κ3) is 2.81. The first kappa shape index (κ1) is 16.6. The maximum atomic E-state index is 12.8. The summed E-state index contributed by atoms with van der Waals surface area (Å²) >= 11 is 0. The summed E-state index contributed by atoms with van der Waals surface area (Å²) in [6.07, 6.45) is 1.79. The van der Waals surface area contributed by atoms with E-state index in [9.17, 15) is 14.9 Å². The van der Waals surface area contributed by atoms with Gasteiger partial charge in [-0.15, -0.1) is 0 Å². The summed E-state index contributed by atoms with van der Waals surface area (Å²) in [5.41, 5.74) is 2.21. The van der Waals surface area contributed by atoms with E-state index in [1.54, 1.807) is 19.2 Å². The third-order valence-electron chi connectivity index (χ3n) is 5.62. The van der Waals surface area contributed by atoms with Gasteiger partial charge in [-0.05, 0) is 42.0 Å². The van der Waals surface area contributed by atoms with E-state index in [1.165, 1.54) is 12.1 Å². The molecule has 0 aromatic heterocycles. The number of benzene rings is 2. The van der Waals surface area contributed by atoms with Gasteiger partial charge in [-0.1, -0.05) is 24.3 Å². The average molecular weight is 352 g/mol. The molecule has 0 radical (unpaired) electrons. The molecule has 4 rings (SSSR count). The van der Waals surface area contributed by atoms with Crippen LogP contribution in [0, 0.1) is 16.0 Å². The molecule has 26 heavy (non-hydrogen) atoms. The smallest absolute Gasteiger partial charge is 0.269 e. The van der Waals surface area contributed by atoms with E-state index in [1.807, 2.05) is 29.2 Å². The van der Waals surface area contributed by atoms with E-state index in [0.29, 0.717) is 6.54 Å². The number of amides is 1. The molecule has 1 aliphatic carbocycles. The number of ether oxygens (including phenoxy) is 1. The van der Waals surface area contributed by atoms with Gasteiger partial charge in [0.25, 0.3) is 5.69 Å². The van der Waals surface area contributed by atoms with E-state index in [4.69, 9.17) is 4.74 Å². The van der Waals surface area contributed by atoms with E-state index < -0.39 is 4.92 Å².